The van der Waals surface area contributed by atoms with Crippen molar-refractivity contribution >= 4 is 23.6 Å². The summed E-state index contributed by atoms with van der Waals surface area (Å²) in [5.74, 6) is 0.289. The molecule has 0 saturated carbocycles. The normalized spacial score (nSPS) is 11.0. The predicted octanol–water partition coefficient (Wildman–Crippen LogP) is 2.25. The van der Waals surface area contributed by atoms with Crippen LogP contribution in [0.25, 0.3) is 0 Å². The van der Waals surface area contributed by atoms with E-state index in [1.165, 1.54) is 0 Å². The summed E-state index contributed by atoms with van der Waals surface area (Å²) in [5, 5.41) is 5.58. The number of hydrogen-bond donors (Lipinski definition) is 2. The lowest BCUT2D eigenvalue weighted by atomic mass is 10.2. The summed E-state index contributed by atoms with van der Waals surface area (Å²) in [5.41, 5.74) is -0.523. The molecule has 0 bridgehead atoms. The van der Waals surface area contributed by atoms with Gasteiger partial charge in [-0.3, -0.25) is 0 Å². The first-order valence-electron chi connectivity index (χ1n) is 7.05. The fourth-order valence-corrected chi connectivity index (χ4v) is 1.47. The summed E-state index contributed by atoms with van der Waals surface area (Å²) in [6.07, 6.45) is 0.362. The van der Waals surface area contributed by atoms with Crippen molar-refractivity contribution in [3.8, 4) is 6.01 Å². The molecule has 8 nitrogen and oxygen atoms in total. The van der Waals surface area contributed by atoms with Crippen LogP contribution >= 0.6 is 11.6 Å². The highest BCUT2D eigenvalue weighted by Crippen LogP contribution is 2.11. The summed E-state index contributed by atoms with van der Waals surface area (Å²) in [4.78, 5) is 23.3. The number of nitrogens with one attached hydrogen (secondary N) is 2. The van der Waals surface area contributed by atoms with Gasteiger partial charge < -0.3 is 20.1 Å². The largest absolute Gasteiger partial charge is 0.463 e. The number of carbonyl (C=O) groups excluding carboxylic acids is 1. The molecular weight excluding hydrogens is 310 g/mol. The fourth-order valence-electron chi connectivity index (χ4n) is 1.32. The molecule has 0 aliphatic carbocycles. The van der Waals surface area contributed by atoms with E-state index in [0.717, 1.165) is 6.42 Å². The number of amides is 1. The highest BCUT2D eigenvalue weighted by atomic mass is 35.5. The monoisotopic (exact) mass is 331 g/mol. The average Bonchev–Trinajstić information content (AvgIpc) is 2.39. The van der Waals surface area contributed by atoms with E-state index in [-0.39, 0.29) is 17.2 Å². The van der Waals surface area contributed by atoms with Crippen LogP contribution in [0.1, 0.15) is 34.1 Å². The molecule has 0 aromatic carbocycles. The standard InChI is InChI=1S/C13H22ClN5O3/c1-5-8-21-11-18-9(14)17-10(19-11)15-6-7-16-12(20)22-13(2,3)4/h5-8H2,1-4H3,(H,16,20)(H,15,17,18,19). The third-order valence-corrected chi connectivity index (χ3v) is 2.27. The molecule has 0 aliphatic heterocycles. The van der Waals surface area contributed by atoms with Crippen LogP contribution in [0.5, 0.6) is 6.01 Å². The first-order chi connectivity index (χ1) is 10.3. The first kappa shape index (κ1) is 18.2. The zero-order chi connectivity index (χ0) is 16.6. The number of nitrogens with zero attached hydrogens (tertiary/aromatic N) is 3. The maximum Gasteiger partial charge on any atom is 0.407 e. The van der Waals surface area contributed by atoms with Crippen LogP contribution in [0.4, 0.5) is 10.7 Å². The Kier molecular flexibility index (Phi) is 7.10. The van der Waals surface area contributed by atoms with E-state index < -0.39 is 11.7 Å². The van der Waals surface area contributed by atoms with Gasteiger partial charge in [-0.2, -0.15) is 15.0 Å². The number of hydrogen-bond acceptors (Lipinski definition) is 7. The highest BCUT2D eigenvalue weighted by molar-refractivity contribution is 6.28. The number of halogens is 1. The molecule has 0 aliphatic rings. The Morgan fingerprint density at radius 2 is 1.95 bits per heavy atom. The van der Waals surface area contributed by atoms with Crippen LogP contribution in [0.3, 0.4) is 0 Å². The maximum absolute atomic E-state index is 11.5. The second-order valence-corrected chi connectivity index (χ2v) is 5.75. The molecule has 22 heavy (non-hydrogen) atoms. The lowest BCUT2D eigenvalue weighted by Gasteiger charge is -2.19. The van der Waals surface area contributed by atoms with Crippen molar-refractivity contribution in [1.29, 1.82) is 0 Å². The maximum atomic E-state index is 11.5. The van der Waals surface area contributed by atoms with Crippen LogP contribution < -0.4 is 15.4 Å². The Bertz CT molecular complexity index is 493. The third-order valence-electron chi connectivity index (χ3n) is 2.10. The molecule has 124 valence electrons. The van der Waals surface area contributed by atoms with Gasteiger partial charge in [0.25, 0.3) is 0 Å². The van der Waals surface area contributed by atoms with Gasteiger partial charge in [0.05, 0.1) is 6.61 Å². The Labute approximate surface area is 135 Å². The van der Waals surface area contributed by atoms with Crippen molar-refractivity contribution < 1.29 is 14.3 Å². The molecule has 0 saturated heterocycles. The van der Waals surface area contributed by atoms with Crippen LogP contribution in [0, 0.1) is 0 Å². The van der Waals surface area contributed by atoms with Crippen LogP contribution in [0.2, 0.25) is 5.28 Å². The minimum atomic E-state index is -0.523. The first-order valence-corrected chi connectivity index (χ1v) is 7.43. The van der Waals surface area contributed by atoms with E-state index >= 15 is 0 Å². The molecule has 1 amide bonds. The molecular formula is C13H22ClN5O3. The number of alkyl carbamates (subject to hydrolysis) is 1. The van der Waals surface area contributed by atoms with E-state index in [1.807, 2.05) is 6.92 Å². The molecule has 0 unspecified atom stereocenters. The van der Waals surface area contributed by atoms with Crippen LogP contribution in [0.15, 0.2) is 0 Å². The number of aromatic nitrogens is 3. The van der Waals surface area contributed by atoms with Crippen molar-refractivity contribution in [3.63, 3.8) is 0 Å². The molecule has 0 atom stereocenters. The van der Waals surface area contributed by atoms with Crippen molar-refractivity contribution in [3.05, 3.63) is 5.28 Å². The molecule has 1 heterocycles. The van der Waals surface area contributed by atoms with Gasteiger partial charge in [0.1, 0.15) is 5.60 Å². The Hall–Kier alpha value is -1.83. The highest BCUT2D eigenvalue weighted by Gasteiger charge is 2.15. The molecule has 0 spiro atoms. The van der Waals surface area contributed by atoms with Gasteiger partial charge >= 0.3 is 12.1 Å². The SMILES string of the molecule is CCCOc1nc(Cl)nc(NCCNC(=O)OC(C)(C)C)n1. The molecule has 0 fully saturated rings. The molecule has 9 heteroatoms. The third kappa shape index (κ3) is 7.82. The van der Waals surface area contributed by atoms with Gasteiger partial charge in [0.2, 0.25) is 11.2 Å². The second-order valence-electron chi connectivity index (χ2n) is 5.41. The Morgan fingerprint density at radius 1 is 1.23 bits per heavy atom. The van der Waals surface area contributed by atoms with Gasteiger partial charge in [-0.05, 0) is 38.8 Å². The van der Waals surface area contributed by atoms with Gasteiger partial charge in [-0.15, -0.1) is 0 Å². The zero-order valence-electron chi connectivity index (χ0n) is 13.3. The van der Waals surface area contributed by atoms with Crippen molar-refractivity contribution in [1.82, 2.24) is 20.3 Å². The van der Waals surface area contributed by atoms with E-state index in [9.17, 15) is 4.79 Å². The Balaban J connectivity index is 2.38. The lowest BCUT2D eigenvalue weighted by molar-refractivity contribution is 0.0530. The topological polar surface area (TPSA) is 98.3 Å². The van der Waals surface area contributed by atoms with Gasteiger partial charge in [-0.1, -0.05) is 6.92 Å². The number of rotatable bonds is 7. The fraction of sp³-hybridized carbons (Fsp3) is 0.692. The average molecular weight is 332 g/mol. The molecule has 1 rings (SSSR count). The minimum absolute atomic E-state index is 0.0451. The molecule has 1 aromatic rings. The minimum Gasteiger partial charge on any atom is -0.463 e. The second kappa shape index (κ2) is 8.57. The smallest absolute Gasteiger partial charge is 0.407 e. The zero-order valence-corrected chi connectivity index (χ0v) is 14.0. The van der Waals surface area contributed by atoms with Gasteiger partial charge in [0, 0.05) is 13.1 Å². The van der Waals surface area contributed by atoms with E-state index in [4.69, 9.17) is 21.1 Å². The summed E-state index contributed by atoms with van der Waals surface area (Å²) < 4.78 is 10.4. The molecule has 0 radical (unpaired) electrons. The Morgan fingerprint density at radius 3 is 2.59 bits per heavy atom. The van der Waals surface area contributed by atoms with Crippen LogP contribution in [-0.4, -0.2) is 46.3 Å². The number of carbonyl (C=O) groups is 1. The quantitative estimate of drug-likeness (QED) is 0.739. The molecule has 2 N–H and O–H groups in total. The summed E-state index contributed by atoms with van der Waals surface area (Å²) >= 11 is 5.79. The predicted molar refractivity (Wildman–Crippen MR) is 83.3 cm³/mol. The number of ether oxygens (including phenoxy) is 2. The van der Waals surface area contributed by atoms with Crippen molar-refractivity contribution in [2.24, 2.45) is 0 Å². The summed E-state index contributed by atoms with van der Waals surface area (Å²) in [6, 6.07) is 0.171. The molecule has 1 aromatic heterocycles. The summed E-state index contributed by atoms with van der Waals surface area (Å²) in [6.45, 7) is 8.64. The van der Waals surface area contributed by atoms with E-state index in [1.54, 1.807) is 20.8 Å². The lowest BCUT2D eigenvalue weighted by Crippen LogP contribution is -2.35. The number of anilines is 1. The van der Waals surface area contributed by atoms with Crippen molar-refractivity contribution in [2.75, 3.05) is 25.0 Å². The van der Waals surface area contributed by atoms with Gasteiger partial charge in [0.15, 0.2) is 0 Å². The van der Waals surface area contributed by atoms with Crippen molar-refractivity contribution in [2.45, 2.75) is 39.7 Å². The van der Waals surface area contributed by atoms with Crippen LogP contribution in [-0.2, 0) is 4.74 Å². The van der Waals surface area contributed by atoms with E-state index in [0.29, 0.717) is 19.7 Å². The van der Waals surface area contributed by atoms with E-state index in [2.05, 4.69) is 25.6 Å². The summed E-state index contributed by atoms with van der Waals surface area (Å²) in [7, 11) is 0. The van der Waals surface area contributed by atoms with Gasteiger partial charge in [-0.25, -0.2) is 4.79 Å².